The third kappa shape index (κ3) is 7.31. The zero-order chi connectivity index (χ0) is 13.8. The van der Waals surface area contributed by atoms with E-state index >= 15 is 0 Å². The maximum Gasteiger partial charge on any atom is 0.0971 e. The van der Waals surface area contributed by atoms with Gasteiger partial charge in [0.2, 0.25) is 0 Å². The largest absolute Gasteiger partial charge is 0.364 e. The molecule has 0 aromatic rings. The van der Waals surface area contributed by atoms with E-state index in [1.54, 1.807) is 0 Å². The Labute approximate surface area is 120 Å². The van der Waals surface area contributed by atoms with Gasteiger partial charge in [0, 0.05) is 5.54 Å². The molecule has 1 heterocycles. The van der Waals surface area contributed by atoms with Crippen molar-refractivity contribution in [1.82, 2.24) is 5.32 Å². The van der Waals surface area contributed by atoms with Crippen LogP contribution < -0.4 is 5.32 Å². The zero-order valence-corrected chi connectivity index (χ0v) is 13.3. The minimum absolute atomic E-state index is 0.306. The predicted molar refractivity (Wildman–Crippen MR) is 83.4 cm³/mol. The van der Waals surface area contributed by atoms with Crippen molar-refractivity contribution >= 4 is 0 Å². The van der Waals surface area contributed by atoms with E-state index in [1.807, 2.05) is 0 Å². The maximum absolute atomic E-state index is 5.48. The molecule has 0 spiro atoms. The highest BCUT2D eigenvalue weighted by atomic mass is 16.5. The highest BCUT2D eigenvalue weighted by Gasteiger charge is 2.31. The molecule has 0 aromatic heterocycles. The molecule has 2 heteroatoms. The van der Waals surface area contributed by atoms with Gasteiger partial charge < -0.3 is 4.74 Å². The summed E-state index contributed by atoms with van der Waals surface area (Å²) in [5.74, 6) is 0. The lowest BCUT2D eigenvalue weighted by Gasteiger charge is -2.26. The van der Waals surface area contributed by atoms with Gasteiger partial charge in [0.1, 0.15) is 0 Å². The van der Waals surface area contributed by atoms with Crippen LogP contribution in [0, 0.1) is 0 Å². The molecule has 0 aliphatic carbocycles. The minimum atomic E-state index is 0.306. The van der Waals surface area contributed by atoms with Crippen molar-refractivity contribution in [1.29, 1.82) is 0 Å². The topological polar surface area (TPSA) is 21.3 Å². The normalized spacial score (nSPS) is 23.1. The van der Waals surface area contributed by atoms with Gasteiger partial charge in [-0.05, 0) is 12.8 Å². The SMILES string of the molecule is CCCCCCCCCCCCC1(CC)COCN1. The van der Waals surface area contributed by atoms with Gasteiger partial charge in [-0.2, -0.15) is 0 Å². The first-order valence-corrected chi connectivity index (χ1v) is 8.66. The van der Waals surface area contributed by atoms with Crippen LogP contribution in [0.3, 0.4) is 0 Å². The fraction of sp³-hybridized carbons (Fsp3) is 1.00. The third-order valence-electron chi connectivity index (χ3n) is 4.61. The summed E-state index contributed by atoms with van der Waals surface area (Å²) in [5.41, 5.74) is 0.306. The number of rotatable bonds is 12. The van der Waals surface area contributed by atoms with Crippen LogP contribution in [0.4, 0.5) is 0 Å². The van der Waals surface area contributed by atoms with Crippen LogP contribution in [-0.2, 0) is 4.74 Å². The first-order chi connectivity index (χ1) is 9.33. The first-order valence-electron chi connectivity index (χ1n) is 8.66. The second-order valence-corrected chi connectivity index (χ2v) is 6.24. The lowest BCUT2D eigenvalue weighted by atomic mass is 9.90. The van der Waals surface area contributed by atoms with Gasteiger partial charge in [-0.25, -0.2) is 0 Å². The van der Waals surface area contributed by atoms with Crippen LogP contribution in [0.2, 0.25) is 0 Å². The molecule has 2 nitrogen and oxygen atoms in total. The average molecular weight is 269 g/mol. The minimum Gasteiger partial charge on any atom is -0.364 e. The first kappa shape index (κ1) is 17.0. The number of unbranched alkanes of at least 4 members (excludes halogenated alkanes) is 9. The quantitative estimate of drug-likeness (QED) is 0.502. The molecule has 1 rings (SSSR count). The molecule has 1 unspecified atom stereocenters. The Morgan fingerprint density at radius 3 is 1.89 bits per heavy atom. The fourth-order valence-corrected chi connectivity index (χ4v) is 3.02. The van der Waals surface area contributed by atoms with Gasteiger partial charge >= 0.3 is 0 Å². The van der Waals surface area contributed by atoms with E-state index in [0.717, 1.165) is 13.3 Å². The van der Waals surface area contributed by atoms with Crippen LogP contribution >= 0.6 is 0 Å². The molecule has 0 bridgehead atoms. The van der Waals surface area contributed by atoms with Crippen LogP contribution in [0.5, 0.6) is 0 Å². The summed E-state index contributed by atoms with van der Waals surface area (Å²) < 4.78 is 5.48. The molecule has 0 radical (unpaired) electrons. The Hall–Kier alpha value is -0.0800. The lowest BCUT2D eigenvalue weighted by Crippen LogP contribution is -2.41. The van der Waals surface area contributed by atoms with Gasteiger partial charge in [0.25, 0.3) is 0 Å². The standard InChI is InChI=1S/C17H35NO/c1-3-5-6-7-8-9-10-11-12-13-14-17(4-2)15-19-16-18-17/h18H,3-16H2,1-2H3. The maximum atomic E-state index is 5.48. The van der Waals surface area contributed by atoms with Crippen LogP contribution in [0.1, 0.15) is 90.9 Å². The van der Waals surface area contributed by atoms with Crippen molar-refractivity contribution in [3.05, 3.63) is 0 Å². The van der Waals surface area contributed by atoms with Crippen LogP contribution in [0.25, 0.3) is 0 Å². The highest BCUT2D eigenvalue weighted by molar-refractivity contribution is 4.88. The number of nitrogens with one attached hydrogen (secondary N) is 1. The molecular weight excluding hydrogens is 234 g/mol. The predicted octanol–water partition coefficient (Wildman–Crippen LogP) is 5.02. The van der Waals surface area contributed by atoms with Gasteiger partial charge in [-0.3, -0.25) is 5.32 Å². The number of hydrogen-bond donors (Lipinski definition) is 1. The monoisotopic (exact) mass is 269 g/mol. The molecule has 19 heavy (non-hydrogen) atoms. The van der Waals surface area contributed by atoms with E-state index in [4.69, 9.17) is 4.74 Å². The molecule has 0 saturated carbocycles. The van der Waals surface area contributed by atoms with Crippen LogP contribution in [0.15, 0.2) is 0 Å². The van der Waals surface area contributed by atoms with E-state index in [-0.39, 0.29) is 0 Å². The fourth-order valence-electron chi connectivity index (χ4n) is 3.02. The van der Waals surface area contributed by atoms with E-state index in [0.29, 0.717) is 5.54 Å². The summed E-state index contributed by atoms with van der Waals surface area (Å²) in [6.45, 7) is 6.23. The van der Waals surface area contributed by atoms with Crippen molar-refractivity contribution in [2.24, 2.45) is 0 Å². The van der Waals surface area contributed by atoms with Crippen molar-refractivity contribution < 1.29 is 4.74 Å². The van der Waals surface area contributed by atoms with E-state index in [9.17, 15) is 0 Å². The molecule has 1 aliphatic rings. The van der Waals surface area contributed by atoms with E-state index in [1.165, 1.54) is 77.0 Å². The second-order valence-electron chi connectivity index (χ2n) is 6.24. The number of hydrogen-bond acceptors (Lipinski definition) is 2. The molecule has 1 fully saturated rings. The Morgan fingerprint density at radius 1 is 0.842 bits per heavy atom. The highest BCUT2D eigenvalue weighted by Crippen LogP contribution is 2.23. The van der Waals surface area contributed by atoms with Crippen molar-refractivity contribution in [3.63, 3.8) is 0 Å². The van der Waals surface area contributed by atoms with Gasteiger partial charge in [0.15, 0.2) is 0 Å². The van der Waals surface area contributed by atoms with Gasteiger partial charge in [-0.1, -0.05) is 78.1 Å². The molecule has 1 saturated heterocycles. The number of ether oxygens (including phenoxy) is 1. The summed E-state index contributed by atoms with van der Waals surface area (Å²) in [6, 6.07) is 0. The summed E-state index contributed by atoms with van der Waals surface area (Å²) >= 11 is 0. The Kier molecular flexibility index (Phi) is 9.54. The molecule has 0 aromatic carbocycles. The summed E-state index contributed by atoms with van der Waals surface area (Å²) in [6.07, 6.45) is 16.7. The summed E-state index contributed by atoms with van der Waals surface area (Å²) in [5, 5.41) is 3.53. The van der Waals surface area contributed by atoms with Crippen molar-refractivity contribution in [2.45, 2.75) is 96.4 Å². The van der Waals surface area contributed by atoms with Gasteiger partial charge in [0.05, 0.1) is 13.3 Å². The average Bonchev–Trinajstić information content (AvgIpc) is 2.90. The lowest BCUT2D eigenvalue weighted by molar-refractivity contribution is 0.171. The third-order valence-corrected chi connectivity index (χ3v) is 4.61. The molecule has 1 aliphatic heterocycles. The van der Waals surface area contributed by atoms with E-state index in [2.05, 4.69) is 19.2 Å². The summed E-state index contributed by atoms with van der Waals surface area (Å²) in [7, 11) is 0. The summed E-state index contributed by atoms with van der Waals surface area (Å²) in [4.78, 5) is 0. The zero-order valence-electron chi connectivity index (χ0n) is 13.3. The van der Waals surface area contributed by atoms with Crippen molar-refractivity contribution in [3.8, 4) is 0 Å². The Morgan fingerprint density at radius 2 is 1.42 bits per heavy atom. The molecule has 0 amide bonds. The molecule has 1 atom stereocenters. The Bertz CT molecular complexity index is 199. The van der Waals surface area contributed by atoms with Crippen LogP contribution in [-0.4, -0.2) is 18.9 Å². The molecule has 1 N–H and O–H groups in total. The molecule has 114 valence electrons. The van der Waals surface area contributed by atoms with E-state index < -0.39 is 0 Å². The van der Waals surface area contributed by atoms with Crippen molar-refractivity contribution in [2.75, 3.05) is 13.3 Å². The Balaban J connectivity index is 1.85. The second kappa shape index (κ2) is 10.7. The smallest absolute Gasteiger partial charge is 0.0971 e. The van der Waals surface area contributed by atoms with Gasteiger partial charge in [-0.15, -0.1) is 0 Å². The molecular formula is C17H35NO.